The Morgan fingerprint density at radius 1 is 1.23 bits per heavy atom. The van der Waals surface area contributed by atoms with E-state index in [0.29, 0.717) is 11.3 Å². The van der Waals surface area contributed by atoms with Gasteiger partial charge in [-0.05, 0) is 36.6 Å². The van der Waals surface area contributed by atoms with Crippen molar-refractivity contribution in [3.05, 3.63) is 58.5 Å². The number of hydrogen-bond acceptors (Lipinski definition) is 4. The molecule has 0 saturated heterocycles. The SMILES string of the molecule is C#Cc1cccc(NC(=O)CCC(=O)c2cc(SC)ccc2[N+](=O)O)c1. The van der Waals surface area contributed by atoms with Crippen LogP contribution in [0.1, 0.15) is 28.8 Å². The van der Waals surface area contributed by atoms with Gasteiger partial charge in [-0.15, -0.1) is 18.2 Å². The van der Waals surface area contributed by atoms with Gasteiger partial charge in [-0.1, -0.05) is 12.0 Å². The number of ketones is 1. The van der Waals surface area contributed by atoms with Gasteiger partial charge >= 0.3 is 5.69 Å². The molecule has 7 heteroatoms. The van der Waals surface area contributed by atoms with Gasteiger partial charge in [-0.3, -0.25) is 9.59 Å². The molecule has 0 radical (unpaired) electrons. The smallest absolute Gasteiger partial charge is 0.326 e. The van der Waals surface area contributed by atoms with Crippen LogP contribution in [0.15, 0.2) is 47.4 Å². The van der Waals surface area contributed by atoms with E-state index in [1.54, 1.807) is 30.3 Å². The Morgan fingerprint density at radius 3 is 2.65 bits per heavy atom. The number of hydrogen-bond donors (Lipinski definition) is 2. The molecule has 0 aliphatic carbocycles. The van der Waals surface area contributed by atoms with Crippen molar-refractivity contribution in [3.8, 4) is 12.3 Å². The van der Waals surface area contributed by atoms with E-state index in [2.05, 4.69) is 11.2 Å². The second kappa shape index (κ2) is 8.83. The molecule has 0 spiro atoms. The summed E-state index contributed by atoms with van der Waals surface area (Å²) in [5.74, 6) is 1.72. The van der Waals surface area contributed by atoms with Gasteiger partial charge in [-0.2, -0.15) is 0 Å². The van der Waals surface area contributed by atoms with Crippen molar-refractivity contribution in [3.63, 3.8) is 0 Å². The first-order valence-corrected chi connectivity index (χ1v) is 8.91. The fourth-order valence-electron chi connectivity index (χ4n) is 2.30. The fraction of sp³-hybridized carbons (Fsp3) is 0.158. The molecule has 0 heterocycles. The van der Waals surface area contributed by atoms with Crippen molar-refractivity contribution in [2.75, 3.05) is 11.6 Å². The number of benzene rings is 2. The van der Waals surface area contributed by atoms with Gasteiger partial charge in [0.25, 0.3) is 4.92 Å². The predicted octanol–water partition coefficient (Wildman–Crippen LogP) is 3.79. The molecule has 2 N–H and O–H groups in total. The van der Waals surface area contributed by atoms with Crippen LogP contribution < -0.4 is 5.32 Å². The Balaban J connectivity index is 2.05. The summed E-state index contributed by atoms with van der Waals surface area (Å²) in [6.07, 6.45) is 6.98. The number of anilines is 1. The van der Waals surface area contributed by atoms with E-state index in [4.69, 9.17) is 11.6 Å². The van der Waals surface area contributed by atoms with Crippen molar-refractivity contribution in [1.29, 1.82) is 0 Å². The average Bonchev–Trinajstić information content (AvgIpc) is 2.65. The molecular formula is C19H17N2O4S+. The van der Waals surface area contributed by atoms with Crippen LogP contribution in [-0.2, 0) is 4.79 Å². The van der Waals surface area contributed by atoms with E-state index < -0.39 is 5.78 Å². The fourth-order valence-corrected chi connectivity index (χ4v) is 2.74. The maximum Gasteiger partial charge on any atom is 0.327 e. The molecule has 26 heavy (non-hydrogen) atoms. The third-order valence-electron chi connectivity index (χ3n) is 3.60. The summed E-state index contributed by atoms with van der Waals surface area (Å²) in [6.45, 7) is 0. The van der Waals surface area contributed by atoms with Crippen LogP contribution >= 0.6 is 11.8 Å². The number of rotatable bonds is 7. The molecule has 2 aromatic rings. The highest BCUT2D eigenvalue weighted by Crippen LogP contribution is 2.26. The highest BCUT2D eigenvalue weighted by molar-refractivity contribution is 7.98. The quantitative estimate of drug-likeness (QED) is 0.336. The molecule has 132 valence electrons. The summed E-state index contributed by atoms with van der Waals surface area (Å²) in [6, 6.07) is 11.3. The van der Waals surface area contributed by atoms with E-state index in [-0.39, 0.29) is 34.9 Å². The molecule has 0 saturated carbocycles. The zero-order valence-corrected chi connectivity index (χ0v) is 14.9. The molecule has 0 bridgehead atoms. The molecule has 6 nitrogen and oxygen atoms in total. The topological polar surface area (TPSA) is 86.5 Å². The third kappa shape index (κ3) is 4.94. The van der Waals surface area contributed by atoms with E-state index in [1.807, 2.05) is 6.26 Å². The normalized spacial score (nSPS) is 10.0. The molecule has 0 fully saturated rings. The first-order chi connectivity index (χ1) is 12.4. The first-order valence-electron chi connectivity index (χ1n) is 7.68. The lowest BCUT2D eigenvalue weighted by Crippen LogP contribution is -2.14. The number of carbonyl (C=O) groups is 2. The number of Topliss-reactive ketones (excluding diaryl/α,β-unsaturated/α-hetero) is 1. The van der Waals surface area contributed by atoms with Gasteiger partial charge in [-0.25, -0.2) is 5.21 Å². The molecule has 1 amide bonds. The molecule has 0 aromatic heterocycles. The minimum Gasteiger partial charge on any atom is -0.326 e. The Morgan fingerprint density at radius 2 is 2.00 bits per heavy atom. The van der Waals surface area contributed by atoms with Gasteiger partial charge in [0.05, 0.1) is 4.91 Å². The molecule has 0 aliphatic rings. The maximum absolute atomic E-state index is 12.4. The standard InChI is InChI=1S/C19H16N2O4S/c1-3-13-5-4-6-14(11-13)20-19(23)10-9-18(22)16-12-15(26-2)7-8-17(16)21(24)25/h1,4-8,11-12H,9-10H2,2H3,(H-,20,23,24,25)/p+1. The van der Waals surface area contributed by atoms with Crippen LogP contribution in [0, 0.1) is 17.3 Å². The van der Waals surface area contributed by atoms with E-state index in [0.717, 1.165) is 4.90 Å². The van der Waals surface area contributed by atoms with E-state index >= 15 is 0 Å². The Bertz CT molecular complexity index is 903. The number of nitrogens with zero attached hydrogens (tertiary/aromatic N) is 1. The van der Waals surface area contributed by atoms with Crippen LogP contribution in [0.4, 0.5) is 11.4 Å². The van der Waals surface area contributed by atoms with Crippen LogP contribution in [0.3, 0.4) is 0 Å². The van der Waals surface area contributed by atoms with Gasteiger partial charge in [0.1, 0.15) is 5.56 Å². The molecule has 2 rings (SSSR count). The highest BCUT2D eigenvalue weighted by Gasteiger charge is 2.24. The van der Waals surface area contributed by atoms with Crippen LogP contribution in [-0.4, -0.2) is 28.1 Å². The van der Waals surface area contributed by atoms with Crippen molar-refractivity contribution in [2.45, 2.75) is 17.7 Å². The zero-order chi connectivity index (χ0) is 19.1. The lowest BCUT2D eigenvalue weighted by molar-refractivity contribution is -0.729. The minimum atomic E-state index is -0.404. The van der Waals surface area contributed by atoms with E-state index in [9.17, 15) is 14.5 Å². The number of thioether (sulfide) groups is 1. The van der Waals surface area contributed by atoms with Gasteiger partial charge in [0, 0.05) is 35.1 Å². The molecule has 2 aromatic carbocycles. The van der Waals surface area contributed by atoms with E-state index in [1.165, 1.54) is 23.9 Å². The van der Waals surface area contributed by atoms with Crippen LogP contribution in [0.5, 0.6) is 0 Å². The minimum absolute atomic E-state index is 0.0632. The molecular weight excluding hydrogens is 352 g/mol. The predicted molar refractivity (Wildman–Crippen MR) is 99.9 cm³/mol. The largest absolute Gasteiger partial charge is 0.327 e. The summed E-state index contributed by atoms with van der Waals surface area (Å²) in [4.78, 5) is 36.1. The number of nitrogens with one attached hydrogen (secondary N) is 1. The molecule has 0 unspecified atom stereocenters. The number of amides is 1. The summed E-state index contributed by atoms with van der Waals surface area (Å²) in [7, 11) is 0. The van der Waals surface area contributed by atoms with Crippen LogP contribution in [0.25, 0.3) is 0 Å². The van der Waals surface area contributed by atoms with Crippen LogP contribution in [0.2, 0.25) is 0 Å². The zero-order valence-electron chi connectivity index (χ0n) is 14.1. The monoisotopic (exact) mass is 369 g/mol. The molecule has 0 atom stereocenters. The Hall–Kier alpha value is -3.11. The first kappa shape index (κ1) is 19.2. The number of carbonyl (C=O) groups excluding carboxylic acids is 2. The van der Waals surface area contributed by atoms with Gasteiger partial charge in [0.2, 0.25) is 5.91 Å². The number of terminal acetylenes is 1. The summed E-state index contributed by atoms with van der Waals surface area (Å²) in [5.41, 5.74) is 1.12. The van der Waals surface area contributed by atoms with Crippen molar-refractivity contribution >= 4 is 34.8 Å². The summed E-state index contributed by atoms with van der Waals surface area (Å²) in [5, 5.41) is 11.8. The highest BCUT2D eigenvalue weighted by atomic mass is 32.2. The van der Waals surface area contributed by atoms with Crippen molar-refractivity contribution < 1.29 is 19.7 Å². The summed E-state index contributed by atoms with van der Waals surface area (Å²) >= 11 is 1.40. The molecule has 0 aliphatic heterocycles. The van der Waals surface area contributed by atoms with Crippen molar-refractivity contribution in [2.24, 2.45) is 0 Å². The van der Waals surface area contributed by atoms with Crippen molar-refractivity contribution in [1.82, 2.24) is 0 Å². The average molecular weight is 369 g/mol. The maximum atomic E-state index is 12.4. The van der Waals surface area contributed by atoms with Gasteiger partial charge < -0.3 is 5.32 Å². The lowest BCUT2D eigenvalue weighted by atomic mass is 10.0. The second-order valence-electron chi connectivity index (χ2n) is 5.35. The van der Waals surface area contributed by atoms with Gasteiger partial charge in [0.15, 0.2) is 5.78 Å². The second-order valence-corrected chi connectivity index (χ2v) is 6.23. The third-order valence-corrected chi connectivity index (χ3v) is 4.33. The Kier molecular flexibility index (Phi) is 6.53. The summed E-state index contributed by atoms with van der Waals surface area (Å²) < 4.78 is 0. The lowest BCUT2D eigenvalue weighted by Gasteiger charge is -2.06. The Labute approximate surface area is 155 Å².